The van der Waals surface area contributed by atoms with Crippen molar-refractivity contribution in [2.24, 2.45) is 0 Å². The molecule has 1 aromatic carbocycles. The van der Waals surface area contributed by atoms with E-state index < -0.39 is 0 Å². The molecular weight excluding hydrogens is 338 g/mol. The van der Waals surface area contributed by atoms with Crippen LogP contribution in [0.3, 0.4) is 0 Å². The molecule has 1 N–H and O–H groups in total. The molecule has 3 aromatic rings. The Morgan fingerprint density at radius 1 is 1.27 bits per heavy atom. The molecule has 1 amide bonds. The van der Waals surface area contributed by atoms with E-state index in [1.54, 1.807) is 29.2 Å². The Morgan fingerprint density at radius 3 is 2.81 bits per heavy atom. The number of amides is 1. The summed E-state index contributed by atoms with van der Waals surface area (Å²) in [6, 6.07) is 7.12. The van der Waals surface area contributed by atoms with E-state index in [9.17, 15) is 4.79 Å². The number of hydrogen-bond acceptors (Lipinski definition) is 9. The number of carbonyl (C=O) groups is 1. The molecule has 0 radical (unpaired) electrons. The first-order valence-electron chi connectivity index (χ1n) is 7.64. The number of ether oxygens (including phenoxy) is 1. The molecule has 0 saturated heterocycles. The third-order valence-electron chi connectivity index (χ3n) is 3.36. The van der Waals surface area contributed by atoms with Crippen molar-refractivity contribution < 1.29 is 9.53 Å². The van der Waals surface area contributed by atoms with Crippen LogP contribution >= 0.6 is 0 Å². The Hall–Kier alpha value is -3.63. The molecule has 0 aliphatic rings. The Labute approximate surface area is 149 Å². The molecule has 0 unspecified atom stereocenters. The zero-order chi connectivity index (χ0) is 18.5. The summed E-state index contributed by atoms with van der Waals surface area (Å²) in [6.07, 6.45) is 1.46. The average Bonchev–Trinajstić information content (AvgIpc) is 3.20. The Kier molecular flexibility index (Phi) is 4.97. The number of benzene rings is 1. The molecular formula is C15H17N9O2. The number of nitrogens with one attached hydrogen (secondary N) is 1. The molecule has 0 saturated carbocycles. The first-order valence-corrected chi connectivity index (χ1v) is 7.64. The van der Waals surface area contributed by atoms with E-state index in [1.807, 2.05) is 14.1 Å². The minimum atomic E-state index is -0.272. The molecule has 2 heterocycles. The highest BCUT2D eigenvalue weighted by Crippen LogP contribution is 2.11. The summed E-state index contributed by atoms with van der Waals surface area (Å²) in [5.74, 6) is 0.568. The van der Waals surface area contributed by atoms with Gasteiger partial charge < -0.3 is 15.0 Å². The van der Waals surface area contributed by atoms with Gasteiger partial charge in [-0.1, -0.05) is 6.07 Å². The molecule has 11 heteroatoms. The summed E-state index contributed by atoms with van der Waals surface area (Å²) in [4.78, 5) is 26.7. The van der Waals surface area contributed by atoms with Gasteiger partial charge in [0, 0.05) is 19.7 Å². The molecule has 2 aromatic heterocycles. The maximum atomic E-state index is 12.4. The summed E-state index contributed by atoms with van der Waals surface area (Å²) < 4.78 is 6.54. The summed E-state index contributed by atoms with van der Waals surface area (Å²) in [5, 5.41) is 13.7. The number of hydrogen-bond donors (Lipinski definition) is 1. The highest BCUT2D eigenvalue weighted by molar-refractivity contribution is 5.94. The van der Waals surface area contributed by atoms with E-state index >= 15 is 0 Å². The molecule has 0 aliphatic heterocycles. The summed E-state index contributed by atoms with van der Waals surface area (Å²) in [5.41, 5.74) is 1.14. The molecule has 3 rings (SSSR count). The van der Waals surface area contributed by atoms with Crippen LogP contribution in [0, 0.1) is 0 Å². The SMILES string of the molecule is COc1nc(CNC(=O)c2cccc(-n3cnnn3)c2)nc(N(C)C)n1. The van der Waals surface area contributed by atoms with Crippen molar-refractivity contribution in [1.29, 1.82) is 0 Å². The number of carbonyl (C=O) groups excluding carboxylic acids is 1. The third kappa shape index (κ3) is 3.88. The van der Waals surface area contributed by atoms with Crippen LogP contribution in [-0.4, -0.2) is 62.3 Å². The van der Waals surface area contributed by atoms with Crippen molar-refractivity contribution in [2.45, 2.75) is 6.54 Å². The minimum absolute atomic E-state index is 0.133. The monoisotopic (exact) mass is 355 g/mol. The van der Waals surface area contributed by atoms with Crippen LogP contribution in [0.4, 0.5) is 5.95 Å². The van der Waals surface area contributed by atoms with Crippen LogP contribution in [0.1, 0.15) is 16.2 Å². The van der Waals surface area contributed by atoms with Crippen LogP contribution in [-0.2, 0) is 6.54 Å². The highest BCUT2D eigenvalue weighted by atomic mass is 16.5. The Morgan fingerprint density at radius 2 is 2.12 bits per heavy atom. The van der Waals surface area contributed by atoms with Gasteiger partial charge in [-0.3, -0.25) is 4.79 Å². The second-order valence-corrected chi connectivity index (χ2v) is 5.42. The van der Waals surface area contributed by atoms with Crippen molar-refractivity contribution in [3.05, 3.63) is 42.0 Å². The van der Waals surface area contributed by atoms with Crippen molar-refractivity contribution in [3.63, 3.8) is 0 Å². The van der Waals surface area contributed by atoms with Crippen LogP contribution in [0.5, 0.6) is 6.01 Å². The van der Waals surface area contributed by atoms with E-state index in [1.165, 1.54) is 18.1 Å². The van der Waals surface area contributed by atoms with Gasteiger partial charge in [-0.25, -0.2) is 4.68 Å². The van der Waals surface area contributed by atoms with Gasteiger partial charge in [-0.2, -0.15) is 15.0 Å². The van der Waals surface area contributed by atoms with Gasteiger partial charge in [0.1, 0.15) is 6.33 Å². The molecule has 0 bridgehead atoms. The second kappa shape index (κ2) is 7.51. The maximum Gasteiger partial charge on any atom is 0.321 e. The molecule has 134 valence electrons. The molecule has 0 spiro atoms. The van der Waals surface area contributed by atoms with Crippen molar-refractivity contribution in [2.75, 3.05) is 26.1 Å². The summed E-state index contributed by atoms with van der Waals surface area (Å²) in [7, 11) is 5.09. The van der Waals surface area contributed by atoms with Gasteiger partial charge in [0.15, 0.2) is 5.82 Å². The van der Waals surface area contributed by atoms with Gasteiger partial charge >= 0.3 is 6.01 Å². The van der Waals surface area contributed by atoms with E-state index in [0.29, 0.717) is 23.0 Å². The standard InChI is InChI=1S/C15H17N9O2/c1-23(2)14-18-12(19-15(20-14)26-3)8-16-13(25)10-5-4-6-11(7-10)24-9-17-21-22-24/h4-7,9H,8H2,1-3H3,(H,16,25). The van der Waals surface area contributed by atoms with Crippen LogP contribution in [0.25, 0.3) is 5.69 Å². The number of nitrogens with zero attached hydrogens (tertiary/aromatic N) is 8. The lowest BCUT2D eigenvalue weighted by Crippen LogP contribution is -2.25. The topological polar surface area (TPSA) is 124 Å². The molecule has 26 heavy (non-hydrogen) atoms. The number of rotatable bonds is 6. The second-order valence-electron chi connectivity index (χ2n) is 5.42. The first kappa shape index (κ1) is 17.2. The average molecular weight is 355 g/mol. The van der Waals surface area contributed by atoms with Crippen molar-refractivity contribution in [1.82, 2.24) is 40.5 Å². The molecule has 11 nitrogen and oxygen atoms in total. The fourth-order valence-electron chi connectivity index (χ4n) is 2.09. The largest absolute Gasteiger partial charge is 0.467 e. The van der Waals surface area contributed by atoms with Crippen LogP contribution in [0.15, 0.2) is 30.6 Å². The predicted molar refractivity (Wildman–Crippen MR) is 91.0 cm³/mol. The fourth-order valence-corrected chi connectivity index (χ4v) is 2.09. The number of methoxy groups -OCH3 is 1. The van der Waals surface area contributed by atoms with E-state index in [2.05, 4.69) is 35.8 Å². The zero-order valence-corrected chi connectivity index (χ0v) is 14.5. The smallest absolute Gasteiger partial charge is 0.321 e. The normalized spacial score (nSPS) is 10.4. The molecule has 0 fully saturated rings. The first-order chi connectivity index (χ1) is 12.6. The summed E-state index contributed by atoms with van der Waals surface area (Å²) >= 11 is 0. The fraction of sp³-hybridized carbons (Fsp3) is 0.267. The molecule has 0 aliphatic carbocycles. The van der Waals surface area contributed by atoms with Gasteiger partial charge in [0.25, 0.3) is 5.91 Å². The van der Waals surface area contributed by atoms with Crippen molar-refractivity contribution >= 4 is 11.9 Å². The number of tetrazole rings is 1. The Balaban J connectivity index is 1.73. The van der Waals surface area contributed by atoms with E-state index in [4.69, 9.17) is 4.74 Å². The lowest BCUT2D eigenvalue weighted by molar-refractivity contribution is 0.0949. The van der Waals surface area contributed by atoms with Gasteiger partial charge in [-0.05, 0) is 28.6 Å². The van der Waals surface area contributed by atoms with Gasteiger partial charge in [0.2, 0.25) is 5.95 Å². The third-order valence-corrected chi connectivity index (χ3v) is 3.36. The highest BCUT2D eigenvalue weighted by Gasteiger charge is 2.11. The van der Waals surface area contributed by atoms with E-state index in [-0.39, 0.29) is 18.5 Å². The lowest BCUT2D eigenvalue weighted by Gasteiger charge is -2.12. The van der Waals surface area contributed by atoms with E-state index in [0.717, 1.165) is 0 Å². The Bertz CT molecular complexity index is 896. The number of aromatic nitrogens is 7. The minimum Gasteiger partial charge on any atom is -0.467 e. The quantitative estimate of drug-likeness (QED) is 0.643. The molecule has 0 atom stereocenters. The maximum absolute atomic E-state index is 12.4. The van der Waals surface area contributed by atoms with Gasteiger partial charge in [0.05, 0.1) is 19.3 Å². The number of anilines is 1. The summed E-state index contributed by atoms with van der Waals surface area (Å²) in [6.45, 7) is 0.133. The van der Waals surface area contributed by atoms with Crippen LogP contribution < -0.4 is 15.0 Å². The lowest BCUT2D eigenvalue weighted by atomic mass is 10.2. The van der Waals surface area contributed by atoms with Gasteiger partial charge in [-0.15, -0.1) is 5.10 Å². The van der Waals surface area contributed by atoms with Crippen LogP contribution in [0.2, 0.25) is 0 Å². The zero-order valence-electron chi connectivity index (χ0n) is 14.5. The predicted octanol–water partition coefficient (Wildman–Crippen LogP) is -0.148. The van der Waals surface area contributed by atoms with Crippen molar-refractivity contribution in [3.8, 4) is 11.7 Å².